The standard InChI is InChI=1S/C20H20N2O4S/c1-26-16-9-7-14(8-10-16)11-12-22-18(23)13-17(19(24)25)27-20(22)21-15-5-3-2-4-6-15/h2-10,17H,11-13H2,1H3,(H,24,25)/t17-/m0/s1. The lowest BCUT2D eigenvalue weighted by Gasteiger charge is -2.30. The molecule has 0 bridgehead atoms. The first-order valence-corrected chi connectivity index (χ1v) is 9.41. The molecular weight excluding hydrogens is 364 g/mol. The first-order chi connectivity index (χ1) is 13.1. The van der Waals surface area contributed by atoms with Crippen LogP contribution in [0, 0.1) is 0 Å². The van der Waals surface area contributed by atoms with Crippen LogP contribution >= 0.6 is 11.8 Å². The van der Waals surface area contributed by atoms with Gasteiger partial charge < -0.3 is 9.84 Å². The molecule has 1 fully saturated rings. The molecule has 1 saturated heterocycles. The van der Waals surface area contributed by atoms with E-state index >= 15 is 0 Å². The maximum absolute atomic E-state index is 12.6. The summed E-state index contributed by atoms with van der Waals surface area (Å²) >= 11 is 1.12. The van der Waals surface area contributed by atoms with Crippen molar-refractivity contribution in [2.24, 2.45) is 4.99 Å². The number of carboxylic acids is 1. The number of carboxylic acid groups (broad SMARTS) is 1. The van der Waals surface area contributed by atoms with Crippen LogP contribution in [0.5, 0.6) is 5.75 Å². The normalized spacial score (nSPS) is 18.6. The Morgan fingerprint density at radius 3 is 2.56 bits per heavy atom. The first kappa shape index (κ1) is 19.0. The third-order valence-electron chi connectivity index (χ3n) is 4.18. The molecule has 7 heteroatoms. The molecule has 0 aromatic heterocycles. The van der Waals surface area contributed by atoms with Crippen molar-refractivity contribution >= 4 is 34.5 Å². The summed E-state index contributed by atoms with van der Waals surface area (Å²) in [5.74, 6) is -0.438. The van der Waals surface area contributed by atoms with E-state index in [2.05, 4.69) is 4.99 Å². The third-order valence-corrected chi connectivity index (χ3v) is 5.35. The molecule has 0 radical (unpaired) electrons. The highest BCUT2D eigenvalue weighted by Gasteiger charge is 2.35. The predicted octanol–water partition coefficient (Wildman–Crippen LogP) is 3.34. The molecule has 0 saturated carbocycles. The van der Waals surface area contributed by atoms with Crippen LogP contribution in [0.2, 0.25) is 0 Å². The highest BCUT2D eigenvalue weighted by Crippen LogP contribution is 2.29. The van der Waals surface area contributed by atoms with Gasteiger partial charge >= 0.3 is 5.97 Å². The number of hydrogen-bond acceptors (Lipinski definition) is 5. The van der Waals surface area contributed by atoms with E-state index in [0.717, 1.165) is 23.1 Å². The Bertz CT molecular complexity index is 837. The average Bonchev–Trinajstić information content (AvgIpc) is 2.68. The SMILES string of the molecule is COc1ccc(CCN2C(=O)C[C@@H](C(=O)O)SC2=Nc2ccccc2)cc1. The summed E-state index contributed by atoms with van der Waals surface area (Å²) in [7, 11) is 1.61. The molecule has 0 unspecified atom stereocenters. The van der Waals surface area contributed by atoms with E-state index in [1.54, 1.807) is 12.0 Å². The van der Waals surface area contributed by atoms with Gasteiger partial charge in [-0.3, -0.25) is 14.5 Å². The highest BCUT2D eigenvalue weighted by atomic mass is 32.2. The second-order valence-corrected chi connectivity index (χ2v) is 7.19. The molecule has 0 spiro atoms. The molecule has 140 valence electrons. The first-order valence-electron chi connectivity index (χ1n) is 8.53. The number of para-hydroxylation sites is 1. The second kappa shape index (κ2) is 8.73. The summed E-state index contributed by atoms with van der Waals surface area (Å²) in [5.41, 5.74) is 1.75. The van der Waals surface area contributed by atoms with Crippen LogP contribution in [-0.4, -0.2) is 46.0 Å². The smallest absolute Gasteiger partial charge is 0.317 e. The van der Waals surface area contributed by atoms with Crippen LogP contribution in [0.25, 0.3) is 0 Å². The number of nitrogens with zero attached hydrogens (tertiary/aromatic N) is 2. The Labute approximate surface area is 161 Å². The van der Waals surface area contributed by atoms with Gasteiger partial charge in [0.05, 0.1) is 19.2 Å². The zero-order valence-electron chi connectivity index (χ0n) is 14.9. The van der Waals surface area contributed by atoms with Crippen LogP contribution in [0.4, 0.5) is 5.69 Å². The summed E-state index contributed by atoms with van der Waals surface area (Å²) in [4.78, 5) is 30.1. The third kappa shape index (κ3) is 4.89. The van der Waals surface area contributed by atoms with Gasteiger partial charge in [0.1, 0.15) is 11.0 Å². The van der Waals surface area contributed by atoms with Gasteiger partial charge in [-0.2, -0.15) is 0 Å². The monoisotopic (exact) mass is 384 g/mol. The Balaban J connectivity index is 1.79. The second-order valence-electron chi connectivity index (χ2n) is 6.02. The molecule has 2 aromatic carbocycles. The number of carbonyl (C=O) groups excluding carboxylic acids is 1. The van der Waals surface area contributed by atoms with Gasteiger partial charge in [0.25, 0.3) is 0 Å². The van der Waals surface area contributed by atoms with Crippen molar-refractivity contribution in [3.63, 3.8) is 0 Å². The van der Waals surface area contributed by atoms with Crippen LogP contribution in [0.1, 0.15) is 12.0 Å². The molecule has 1 N–H and O–H groups in total. The minimum atomic E-state index is -0.996. The summed E-state index contributed by atoms with van der Waals surface area (Å²) in [6, 6.07) is 16.9. The molecule has 6 nitrogen and oxygen atoms in total. The Hall–Kier alpha value is -2.80. The Morgan fingerprint density at radius 1 is 1.22 bits per heavy atom. The maximum atomic E-state index is 12.6. The zero-order valence-corrected chi connectivity index (χ0v) is 15.7. The fourth-order valence-electron chi connectivity index (χ4n) is 2.70. The number of methoxy groups -OCH3 is 1. The van der Waals surface area contributed by atoms with Crippen molar-refractivity contribution in [2.45, 2.75) is 18.1 Å². The largest absolute Gasteiger partial charge is 0.497 e. The molecule has 3 rings (SSSR count). The lowest BCUT2D eigenvalue weighted by atomic mass is 10.1. The molecule has 0 aliphatic carbocycles. The van der Waals surface area contributed by atoms with Crippen LogP contribution in [0.15, 0.2) is 59.6 Å². The van der Waals surface area contributed by atoms with Gasteiger partial charge in [-0.05, 0) is 36.2 Å². The van der Waals surface area contributed by atoms with Gasteiger partial charge in [-0.1, -0.05) is 42.1 Å². The van der Waals surface area contributed by atoms with Crippen molar-refractivity contribution < 1.29 is 19.4 Å². The van der Waals surface area contributed by atoms with E-state index in [4.69, 9.17) is 4.74 Å². The van der Waals surface area contributed by atoms with E-state index in [0.29, 0.717) is 23.8 Å². The average molecular weight is 384 g/mol. The number of aliphatic carboxylic acids is 1. The fourth-order valence-corrected chi connectivity index (χ4v) is 3.76. The number of thioether (sulfide) groups is 1. The fraction of sp³-hybridized carbons (Fsp3) is 0.250. The molecule has 1 aliphatic heterocycles. The topological polar surface area (TPSA) is 79.2 Å². The molecular formula is C20H20N2O4S. The minimum absolute atomic E-state index is 0.0313. The zero-order chi connectivity index (χ0) is 19.2. The Morgan fingerprint density at radius 2 is 1.93 bits per heavy atom. The van der Waals surface area contributed by atoms with E-state index in [-0.39, 0.29) is 12.3 Å². The molecule has 1 amide bonds. The number of amidine groups is 1. The van der Waals surface area contributed by atoms with E-state index in [1.165, 1.54) is 0 Å². The van der Waals surface area contributed by atoms with Gasteiger partial charge in [0.15, 0.2) is 5.17 Å². The minimum Gasteiger partial charge on any atom is -0.497 e. The van der Waals surface area contributed by atoms with Gasteiger partial charge in [0.2, 0.25) is 5.91 Å². The molecule has 1 atom stereocenters. The van der Waals surface area contributed by atoms with Gasteiger partial charge in [0, 0.05) is 6.54 Å². The van der Waals surface area contributed by atoms with Crippen molar-refractivity contribution in [2.75, 3.05) is 13.7 Å². The number of aliphatic imine (C=N–C) groups is 1. The summed E-state index contributed by atoms with van der Waals surface area (Å²) < 4.78 is 5.16. The van der Waals surface area contributed by atoms with Crippen molar-refractivity contribution in [1.82, 2.24) is 4.90 Å². The van der Waals surface area contributed by atoms with Crippen molar-refractivity contribution in [1.29, 1.82) is 0 Å². The maximum Gasteiger partial charge on any atom is 0.317 e. The molecule has 1 aliphatic rings. The quantitative estimate of drug-likeness (QED) is 0.826. The van der Waals surface area contributed by atoms with Crippen LogP contribution in [0.3, 0.4) is 0 Å². The molecule has 2 aromatic rings. The van der Waals surface area contributed by atoms with Gasteiger partial charge in [-0.25, -0.2) is 4.99 Å². The number of amides is 1. The number of benzene rings is 2. The van der Waals surface area contributed by atoms with E-state index in [9.17, 15) is 14.7 Å². The molecule has 1 heterocycles. The lowest BCUT2D eigenvalue weighted by Crippen LogP contribution is -2.44. The van der Waals surface area contributed by atoms with Crippen LogP contribution < -0.4 is 4.74 Å². The summed E-state index contributed by atoms with van der Waals surface area (Å²) in [6.45, 7) is 0.441. The van der Waals surface area contributed by atoms with Crippen molar-refractivity contribution in [3.8, 4) is 5.75 Å². The predicted molar refractivity (Wildman–Crippen MR) is 106 cm³/mol. The van der Waals surface area contributed by atoms with Gasteiger partial charge in [-0.15, -0.1) is 0 Å². The summed E-state index contributed by atoms with van der Waals surface area (Å²) in [6.07, 6.45) is 0.609. The molecule has 27 heavy (non-hydrogen) atoms. The number of ether oxygens (including phenoxy) is 1. The van der Waals surface area contributed by atoms with Crippen LogP contribution in [-0.2, 0) is 16.0 Å². The van der Waals surface area contributed by atoms with Crippen molar-refractivity contribution in [3.05, 3.63) is 60.2 Å². The summed E-state index contributed by atoms with van der Waals surface area (Å²) in [5, 5.41) is 8.95. The van der Waals surface area contributed by atoms with E-state index in [1.807, 2.05) is 54.6 Å². The lowest BCUT2D eigenvalue weighted by molar-refractivity contribution is -0.139. The number of hydrogen-bond donors (Lipinski definition) is 1. The highest BCUT2D eigenvalue weighted by molar-refractivity contribution is 8.15. The Kier molecular flexibility index (Phi) is 6.13. The van der Waals surface area contributed by atoms with E-state index < -0.39 is 11.2 Å². The number of rotatable bonds is 6. The number of carbonyl (C=O) groups is 2.